The molecule has 0 unspecified atom stereocenters. The van der Waals surface area contributed by atoms with Crippen molar-refractivity contribution in [2.24, 2.45) is 0 Å². The molecule has 0 aliphatic rings. The number of carbonyl (C=O) groups excluding carboxylic acids is 2. The minimum Gasteiger partial charge on any atom is -0.497 e. The Morgan fingerprint density at radius 2 is 1.60 bits per heavy atom. The van der Waals surface area contributed by atoms with Gasteiger partial charge in [0.25, 0.3) is 0 Å². The lowest BCUT2D eigenvalue weighted by molar-refractivity contribution is -0.166. The summed E-state index contributed by atoms with van der Waals surface area (Å²) in [6.45, 7) is 0. The molecule has 3 N–H and O–H groups in total. The van der Waals surface area contributed by atoms with Gasteiger partial charge >= 0.3 is 17.9 Å². The van der Waals surface area contributed by atoms with Gasteiger partial charge in [0.1, 0.15) is 5.75 Å². The Bertz CT molecular complexity index is 507. The molecule has 1 aromatic rings. The fourth-order valence-corrected chi connectivity index (χ4v) is 1.20. The fraction of sp³-hybridized carbons (Fsp3) is 0.250. The highest BCUT2D eigenvalue weighted by molar-refractivity contribution is 5.99. The summed E-state index contributed by atoms with van der Waals surface area (Å²) in [5.41, 5.74) is -0.00355. The monoisotopic (exact) mass is 284 g/mol. The van der Waals surface area contributed by atoms with E-state index in [9.17, 15) is 14.4 Å². The summed E-state index contributed by atoms with van der Waals surface area (Å²) in [6, 6.07) is 5.52. The summed E-state index contributed by atoms with van der Waals surface area (Å²) >= 11 is 0. The largest absolute Gasteiger partial charge is 0.497 e. The molecule has 0 bridgehead atoms. The van der Waals surface area contributed by atoms with Crippen molar-refractivity contribution in [2.75, 3.05) is 7.11 Å². The van der Waals surface area contributed by atoms with E-state index in [1.807, 2.05) is 0 Å². The van der Waals surface area contributed by atoms with Crippen LogP contribution in [0.5, 0.6) is 5.75 Å². The molecule has 0 spiro atoms. The van der Waals surface area contributed by atoms with Crippen molar-refractivity contribution in [2.45, 2.75) is 12.2 Å². The first-order valence-electron chi connectivity index (χ1n) is 5.36. The number of carboxylic acid groups (broad SMARTS) is 1. The predicted molar refractivity (Wildman–Crippen MR) is 63.1 cm³/mol. The van der Waals surface area contributed by atoms with Crippen molar-refractivity contribution >= 4 is 17.9 Å². The molecule has 0 aliphatic heterocycles. The first-order valence-corrected chi connectivity index (χ1v) is 5.36. The summed E-state index contributed by atoms with van der Waals surface area (Å²) in [5, 5.41) is 26.5. The third-order valence-corrected chi connectivity index (χ3v) is 2.31. The Morgan fingerprint density at radius 3 is 2.05 bits per heavy atom. The minimum atomic E-state index is -2.37. The van der Waals surface area contributed by atoms with Gasteiger partial charge in [0, 0.05) is 0 Å². The summed E-state index contributed by atoms with van der Waals surface area (Å²) < 4.78 is 9.12. The first-order chi connectivity index (χ1) is 9.36. The fourth-order valence-electron chi connectivity index (χ4n) is 1.20. The SMILES string of the molecule is COc1ccc(C(=O)OC(=O)[C@H](O)[C@@H](O)C(=O)O)cc1. The van der Waals surface area contributed by atoms with Gasteiger partial charge in [-0.3, -0.25) is 0 Å². The highest BCUT2D eigenvalue weighted by Crippen LogP contribution is 2.12. The normalized spacial score (nSPS) is 13.2. The number of ether oxygens (including phenoxy) is 2. The number of benzene rings is 1. The molecule has 20 heavy (non-hydrogen) atoms. The second-order valence-electron chi connectivity index (χ2n) is 3.66. The maximum atomic E-state index is 11.5. The van der Waals surface area contributed by atoms with E-state index in [-0.39, 0.29) is 5.56 Å². The van der Waals surface area contributed by atoms with Crippen LogP contribution in [0.1, 0.15) is 10.4 Å². The molecule has 0 saturated heterocycles. The van der Waals surface area contributed by atoms with E-state index in [1.54, 1.807) is 0 Å². The van der Waals surface area contributed by atoms with Gasteiger partial charge in [0.05, 0.1) is 12.7 Å². The van der Waals surface area contributed by atoms with Crippen LogP contribution in [0.15, 0.2) is 24.3 Å². The number of aliphatic carboxylic acids is 1. The zero-order valence-corrected chi connectivity index (χ0v) is 10.3. The van der Waals surface area contributed by atoms with E-state index in [4.69, 9.17) is 20.1 Å². The molecule has 0 aliphatic carbocycles. The Hall–Kier alpha value is -2.45. The van der Waals surface area contributed by atoms with Gasteiger partial charge in [-0.25, -0.2) is 14.4 Å². The lowest BCUT2D eigenvalue weighted by Gasteiger charge is -2.12. The molecule has 0 amide bonds. The maximum absolute atomic E-state index is 11.5. The summed E-state index contributed by atoms with van der Waals surface area (Å²) in [6.07, 6.45) is -4.72. The van der Waals surface area contributed by atoms with Crippen LogP contribution >= 0.6 is 0 Å². The smallest absolute Gasteiger partial charge is 0.346 e. The summed E-state index contributed by atoms with van der Waals surface area (Å²) in [4.78, 5) is 33.1. The molecule has 1 aromatic carbocycles. The van der Waals surface area contributed by atoms with Gasteiger partial charge in [0.15, 0.2) is 12.2 Å². The van der Waals surface area contributed by atoms with Crippen LogP contribution in [0.3, 0.4) is 0 Å². The molecule has 0 aromatic heterocycles. The van der Waals surface area contributed by atoms with Crippen molar-refractivity contribution in [3.63, 3.8) is 0 Å². The highest BCUT2D eigenvalue weighted by atomic mass is 16.6. The Labute approximate surface area is 113 Å². The standard InChI is InChI=1S/C12H12O8/c1-19-7-4-2-6(3-5-7)11(17)20-12(18)9(14)8(13)10(15)16/h2-5,8-9,13-14H,1H3,(H,15,16)/t8-,9-/m1/s1. The van der Waals surface area contributed by atoms with Crippen molar-refractivity contribution in [3.05, 3.63) is 29.8 Å². The number of hydrogen-bond donors (Lipinski definition) is 3. The quantitative estimate of drug-likeness (QED) is 0.472. The lowest BCUT2D eigenvalue weighted by Crippen LogP contribution is -2.41. The molecule has 0 fully saturated rings. The number of carbonyl (C=O) groups is 3. The van der Waals surface area contributed by atoms with E-state index in [0.29, 0.717) is 5.75 Å². The Morgan fingerprint density at radius 1 is 1.05 bits per heavy atom. The van der Waals surface area contributed by atoms with Crippen LogP contribution in [0.25, 0.3) is 0 Å². The van der Waals surface area contributed by atoms with E-state index in [2.05, 4.69) is 4.74 Å². The van der Waals surface area contributed by atoms with E-state index >= 15 is 0 Å². The van der Waals surface area contributed by atoms with Gasteiger partial charge < -0.3 is 24.8 Å². The van der Waals surface area contributed by atoms with Gasteiger partial charge in [0.2, 0.25) is 0 Å². The van der Waals surface area contributed by atoms with Crippen LogP contribution in [-0.2, 0) is 14.3 Å². The minimum absolute atomic E-state index is 0.00355. The number of aliphatic hydroxyl groups is 2. The molecule has 2 atom stereocenters. The number of rotatable bonds is 5. The van der Waals surface area contributed by atoms with Crippen LogP contribution in [0.2, 0.25) is 0 Å². The number of aliphatic hydroxyl groups excluding tert-OH is 2. The molecule has 8 heteroatoms. The number of carboxylic acids is 1. The average molecular weight is 284 g/mol. The number of esters is 2. The van der Waals surface area contributed by atoms with Gasteiger partial charge in [-0.15, -0.1) is 0 Å². The van der Waals surface area contributed by atoms with E-state index < -0.39 is 30.1 Å². The molecule has 8 nitrogen and oxygen atoms in total. The van der Waals surface area contributed by atoms with Crippen LogP contribution < -0.4 is 4.74 Å². The lowest BCUT2D eigenvalue weighted by atomic mass is 10.2. The summed E-state index contributed by atoms with van der Waals surface area (Å²) in [7, 11) is 1.43. The molecule has 0 radical (unpaired) electrons. The van der Waals surface area contributed by atoms with E-state index in [1.165, 1.54) is 31.4 Å². The zero-order chi connectivity index (χ0) is 15.3. The van der Waals surface area contributed by atoms with Crippen LogP contribution in [-0.4, -0.2) is 52.5 Å². The second-order valence-corrected chi connectivity index (χ2v) is 3.66. The third-order valence-electron chi connectivity index (χ3n) is 2.31. The Balaban J connectivity index is 2.69. The number of hydrogen-bond acceptors (Lipinski definition) is 7. The first kappa shape index (κ1) is 15.6. The molecule has 0 saturated carbocycles. The predicted octanol–water partition coefficient (Wildman–Crippen LogP) is -0.815. The number of methoxy groups -OCH3 is 1. The second kappa shape index (κ2) is 6.64. The highest BCUT2D eigenvalue weighted by Gasteiger charge is 2.32. The van der Waals surface area contributed by atoms with Gasteiger partial charge in [-0.05, 0) is 24.3 Å². The molecule has 0 heterocycles. The van der Waals surface area contributed by atoms with Crippen molar-refractivity contribution < 1.29 is 39.2 Å². The summed E-state index contributed by atoms with van der Waals surface area (Å²) in [5.74, 6) is -3.98. The molecule has 1 rings (SSSR count). The Kier molecular flexibility index (Phi) is 5.18. The maximum Gasteiger partial charge on any atom is 0.346 e. The van der Waals surface area contributed by atoms with E-state index in [0.717, 1.165) is 0 Å². The topological polar surface area (TPSA) is 130 Å². The van der Waals surface area contributed by atoms with Crippen molar-refractivity contribution in [1.29, 1.82) is 0 Å². The van der Waals surface area contributed by atoms with Gasteiger partial charge in [-0.2, -0.15) is 0 Å². The zero-order valence-electron chi connectivity index (χ0n) is 10.3. The van der Waals surface area contributed by atoms with Gasteiger partial charge in [-0.1, -0.05) is 0 Å². The van der Waals surface area contributed by atoms with Crippen molar-refractivity contribution in [3.8, 4) is 5.75 Å². The average Bonchev–Trinajstić information content (AvgIpc) is 2.45. The van der Waals surface area contributed by atoms with Crippen LogP contribution in [0.4, 0.5) is 0 Å². The molecular formula is C12H12O8. The molecule has 108 valence electrons. The third kappa shape index (κ3) is 3.77. The molecular weight excluding hydrogens is 272 g/mol. The van der Waals surface area contributed by atoms with Crippen molar-refractivity contribution in [1.82, 2.24) is 0 Å². The van der Waals surface area contributed by atoms with Crippen LogP contribution in [0, 0.1) is 0 Å².